The Bertz CT molecular complexity index is 330. The van der Waals surface area contributed by atoms with Crippen molar-refractivity contribution in [2.45, 2.75) is 57.9 Å². The number of hydrogen-bond donors (Lipinski definition) is 1. The average Bonchev–Trinajstić information content (AvgIpc) is 2.77. The molecule has 3 atom stereocenters. The van der Waals surface area contributed by atoms with Crippen LogP contribution in [0.1, 0.15) is 34.1 Å². The van der Waals surface area contributed by atoms with E-state index in [1.807, 2.05) is 20.8 Å². The van der Waals surface area contributed by atoms with Gasteiger partial charge in [-0.15, -0.1) is 0 Å². The monoisotopic (exact) mass is 302 g/mol. The second kappa shape index (κ2) is 7.96. The minimum Gasteiger partial charge on any atom is -0.444 e. The first-order valence-electron chi connectivity index (χ1n) is 7.52. The molecule has 1 rings (SSSR count). The van der Waals surface area contributed by atoms with Crippen LogP contribution in [0.15, 0.2) is 0 Å². The van der Waals surface area contributed by atoms with Gasteiger partial charge in [-0.25, -0.2) is 4.79 Å². The maximum absolute atomic E-state index is 12.1. The molecule has 0 bridgehead atoms. The Morgan fingerprint density at radius 1 is 1.33 bits per heavy atom. The zero-order chi connectivity index (χ0) is 16.0. The molecule has 2 unspecified atom stereocenters. The van der Waals surface area contributed by atoms with Gasteiger partial charge in [0.15, 0.2) is 0 Å². The molecule has 0 aromatic carbocycles. The Morgan fingerprint density at radius 3 is 2.52 bits per heavy atom. The summed E-state index contributed by atoms with van der Waals surface area (Å²) in [5.41, 5.74) is -0.475. The van der Waals surface area contributed by atoms with Gasteiger partial charge in [0, 0.05) is 33.4 Å². The van der Waals surface area contributed by atoms with Gasteiger partial charge in [0.25, 0.3) is 0 Å². The van der Waals surface area contributed by atoms with Gasteiger partial charge in [-0.2, -0.15) is 0 Å². The molecule has 6 nitrogen and oxygen atoms in total. The molecule has 1 amide bonds. The van der Waals surface area contributed by atoms with E-state index in [9.17, 15) is 4.79 Å². The first-order chi connectivity index (χ1) is 9.76. The lowest BCUT2D eigenvalue weighted by Gasteiger charge is -2.24. The topological polar surface area (TPSA) is 60.0 Å². The van der Waals surface area contributed by atoms with Gasteiger partial charge in [-0.05, 0) is 34.1 Å². The minimum absolute atomic E-state index is 0.0116. The predicted octanol–water partition coefficient (Wildman–Crippen LogP) is 1.64. The van der Waals surface area contributed by atoms with Crippen molar-refractivity contribution in [1.29, 1.82) is 0 Å². The quantitative estimate of drug-likeness (QED) is 0.808. The molecule has 0 aromatic heterocycles. The van der Waals surface area contributed by atoms with E-state index in [1.54, 1.807) is 19.1 Å². The molecule has 6 heteroatoms. The molecular weight excluding hydrogens is 272 g/mol. The lowest BCUT2D eigenvalue weighted by atomic mass is 10.1. The molecule has 124 valence electrons. The van der Waals surface area contributed by atoms with E-state index in [1.165, 1.54) is 0 Å². The van der Waals surface area contributed by atoms with Crippen molar-refractivity contribution in [3.8, 4) is 0 Å². The van der Waals surface area contributed by atoms with E-state index < -0.39 is 5.60 Å². The highest BCUT2D eigenvalue weighted by Gasteiger charge is 2.37. The number of amides is 1. The SMILES string of the molecule is COCCC(C)NC1CN(C(=O)OC(C)(C)C)C[C@@H]1OC. The van der Waals surface area contributed by atoms with Crippen LogP contribution in [0.3, 0.4) is 0 Å². The van der Waals surface area contributed by atoms with Crippen LogP contribution in [0.5, 0.6) is 0 Å². The van der Waals surface area contributed by atoms with E-state index in [4.69, 9.17) is 14.2 Å². The summed E-state index contributed by atoms with van der Waals surface area (Å²) in [5.74, 6) is 0. The molecular formula is C15H30N2O4. The van der Waals surface area contributed by atoms with Crippen molar-refractivity contribution in [2.75, 3.05) is 33.9 Å². The number of carbonyl (C=O) groups is 1. The first kappa shape index (κ1) is 18.2. The highest BCUT2D eigenvalue weighted by Crippen LogP contribution is 2.18. The number of nitrogens with one attached hydrogen (secondary N) is 1. The maximum atomic E-state index is 12.1. The molecule has 1 N–H and O–H groups in total. The van der Waals surface area contributed by atoms with E-state index in [0.29, 0.717) is 25.7 Å². The van der Waals surface area contributed by atoms with E-state index in [-0.39, 0.29) is 18.2 Å². The van der Waals surface area contributed by atoms with E-state index in [2.05, 4.69) is 12.2 Å². The van der Waals surface area contributed by atoms with Crippen molar-refractivity contribution < 1.29 is 19.0 Å². The third-order valence-corrected chi connectivity index (χ3v) is 3.47. The Labute approximate surface area is 128 Å². The van der Waals surface area contributed by atoms with Crippen molar-refractivity contribution in [1.82, 2.24) is 10.2 Å². The van der Waals surface area contributed by atoms with Crippen molar-refractivity contribution in [3.63, 3.8) is 0 Å². The third-order valence-electron chi connectivity index (χ3n) is 3.47. The van der Waals surface area contributed by atoms with Gasteiger partial charge in [0.2, 0.25) is 0 Å². The fraction of sp³-hybridized carbons (Fsp3) is 0.933. The maximum Gasteiger partial charge on any atom is 0.410 e. The van der Waals surface area contributed by atoms with Crippen LogP contribution in [0.25, 0.3) is 0 Å². The van der Waals surface area contributed by atoms with Crippen LogP contribution >= 0.6 is 0 Å². The summed E-state index contributed by atoms with van der Waals surface area (Å²) in [6, 6.07) is 0.431. The molecule has 0 spiro atoms. The normalized spacial score (nSPS) is 24.2. The molecule has 1 heterocycles. The van der Waals surface area contributed by atoms with Crippen LogP contribution in [0.2, 0.25) is 0 Å². The zero-order valence-corrected chi connectivity index (χ0v) is 14.1. The predicted molar refractivity (Wildman–Crippen MR) is 81.5 cm³/mol. The Kier molecular flexibility index (Phi) is 6.90. The van der Waals surface area contributed by atoms with Gasteiger partial charge in [0.1, 0.15) is 5.60 Å². The third kappa shape index (κ3) is 6.20. The van der Waals surface area contributed by atoms with Gasteiger partial charge in [-0.1, -0.05) is 0 Å². The number of rotatable bonds is 6. The molecule has 0 aliphatic carbocycles. The van der Waals surface area contributed by atoms with Crippen molar-refractivity contribution in [2.24, 2.45) is 0 Å². The smallest absolute Gasteiger partial charge is 0.410 e. The van der Waals surface area contributed by atoms with E-state index >= 15 is 0 Å². The second-order valence-electron chi connectivity index (χ2n) is 6.62. The number of nitrogens with zero attached hydrogens (tertiary/aromatic N) is 1. The summed E-state index contributed by atoms with van der Waals surface area (Å²) in [6.07, 6.45) is 0.636. The van der Waals surface area contributed by atoms with Crippen LogP contribution in [-0.2, 0) is 14.2 Å². The Morgan fingerprint density at radius 2 is 2.00 bits per heavy atom. The first-order valence-corrected chi connectivity index (χ1v) is 7.52. The van der Waals surface area contributed by atoms with E-state index in [0.717, 1.165) is 6.42 Å². The average molecular weight is 302 g/mol. The van der Waals surface area contributed by atoms with Crippen molar-refractivity contribution in [3.05, 3.63) is 0 Å². The summed E-state index contributed by atoms with van der Waals surface area (Å²) in [6.45, 7) is 9.60. The Balaban J connectivity index is 2.53. The molecule has 1 aliphatic heterocycles. The highest BCUT2D eigenvalue weighted by atomic mass is 16.6. The van der Waals surface area contributed by atoms with Gasteiger partial charge >= 0.3 is 6.09 Å². The summed E-state index contributed by atoms with van der Waals surface area (Å²) < 4.78 is 16.0. The summed E-state index contributed by atoms with van der Waals surface area (Å²) in [7, 11) is 3.38. The fourth-order valence-electron chi connectivity index (χ4n) is 2.39. The number of carbonyl (C=O) groups excluding carboxylic acids is 1. The summed E-state index contributed by atoms with van der Waals surface area (Å²) in [4.78, 5) is 13.8. The number of likely N-dealkylation sites (tertiary alicyclic amines) is 1. The van der Waals surface area contributed by atoms with Crippen LogP contribution in [0.4, 0.5) is 4.79 Å². The van der Waals surface area contributed by atoms with Crippen LogP contribution in [0, 0.1) is 0 Å². The number of methoxy groups -OCH3 is 2. The molecule has 0 radical (unpaired) electrons. The lowest BCUT2D eigenvalue weighted by Crippen LogP contribution is -2.45. The highest BCUT2D eigenvalue weighted by molar-refractivity contribution is 5.68. The second-order valence-corrected chi connectivity index (χ2v) is 6.62. The minimum atomic E-state index is -0.475. The lowest BCUT2D eigenvalue weighted by molar-refractivity contribution is 0.0252. The molecule has 0 saturated carbocycles. The zero-order valence-electron chi connectivity index (χ0n) is 14.1. The summed E-state index contributed by atoms with van der Waals surface area (Å²) in [5, 5.41) is 3.51. The van der Waals surface area contributed by atoms with Gasteiger partial charge < -0.3 is 24.4 Å². The molecule has 1 aliphatic rings. The molecule has 0 aromatic rings. The molecule has 1 fully saturated rings. The molecule has 21 heavy (non-hydrogen) atoms. The number of ether oxygens (including phenoxy) is 3. The largest absolute Gasteiger partial charge is 0.444 e. The fourth-order valence-corrected chi connectivity index (χ4v) is 2.39. The standard InChI is InChI=1S/C15H30N2O4/c1-11(7-8-19-5)16-12-9-17(10-13(12)20-6)14(18)21-15(2,3)4/h11-13,16H,7-10H2,1-6H3/t11?,12?,13-/m0/s1. The van der Waals surface area contributed by atoms with Crippen LogP contribution in [-0.4, -0.2) is 68.7 Å². The van der Waals surface area contributed by atoms with Crippen LogP contribution < -0.4 is 5.32 Å². The summed E-state index contributed by atoms with van der Waals surface area (Å²) >= 11 is 0. The van der Waals surface area contributed by atoms with Gasteiger partial charge in [-0.3, -0.25) is 0 Å². The van der Waals surface area contributed by atoms with Crippen molar-refractivity contribution >= 4 is 6.09 Å². The van der Waals surface area contributed by atoms with Gasteiger partial charge in [0.05, 0.1) is 18.7 Å². The molecule has 1 saturated heterocycles. The number of hydrogen-bond acceptors (Lipinski definition) is 5. The Hall–Kier alpha value is -0.850.